The van der Waals surface area contributed by atoms with Crippen LogP contribution in [0.4, 0.5) is 5.69 Å². The van der Waals surface area contributed by atoms with Crippen LogP contribution in [-0.2, 0) is 16.1 Å². The Labute approximate surface area is 160 Å². The van der Waals surface area contributed by atoms with Gasteiger partial charge in [0, 0.05) is 12.5 Å². The van der Waals surface area contributed by atoms with Gasteiger partial charge in [0.15, 0.2) is 0 Å². The molecule has 1 aliphatic rings. The number of nitrogens with one attached hydrogen (secondary N) is 1. The molecule has 0 radical (unpaired) electrons. The molecule has 2 amide bonds. The number of hydrogen-bond donors (Lipinski definition) is 1. The minimum Gasteiger partial charge on any atom is -0.494 e. The SMILES string of the molecule is CCCCOc1ccc(CN2C(=O)C(NC(C)=O)c3cccc(C)c32)cc1. The van der Waals surface area contributed by atoms with Crippen LogP contribution in [-0.4, -0.2) is 18.4 Å². The molecule has 1 unspecified atom stereocenters. The average molecular weight is 366 g/mol. The van der Waals surface area contributed by atoms with E-state index in [0.29, 0.717) is 13.2 Å². The lowest BCUT2D eigenvalue weighted by atomic mass is 10.1. The highest BCUT2D eigenvalue weighted by molar-refractivity contribution is 6.06. The second kappa shape index (κ2) is 8.25. The molecular formula is C22H26N2O3. The fourth-order valence-electron chi connectivity index (χ4n) is 3.39. The monoisotopic (exact) mass is 366 g/mol. The number of carbonyl (C=O) groups is 2. The van der Waals surface area contributed by atoms with Crippen LogP contribution in [0.25, 0.3) is 0 Å². The van der Waals surface area contributed by atoms with Crippen molar-refractivity contribution in [2.75, 3.05) is 11.5 Å². The fraction of sp³-hybridized carbons (Fsp3) is 0.364. The Bertz CT molecular complexity index is 830. The summed E-state index contributed by atoms with van der Waals surface area (Å²) in [5.41, 5.74) is 3.79. The summed E-state index contributed by atoms with van der Waals surface area (Å²) in [4.78, 5) is 26.3. The molecule has 5 nitrogen and oxygen atoms in total. The van der Waals surface area contributed by atoms with E-state index in [1.807, 2.05) is 49.4 Å². The summed E-state index contributed by atoms with van der Waals surface area (Å²) in [6.07, 6.45) is 2.13. The minimum atomic E-state index is -0.617. The molecule has 5 heteroatoms. The maximum atomic E-state index is 13.0. The van der Waals surface area contributed by atoms with Crippen molar-refractivity contribution < 1.29 is 14.3 Å². The Morgan fingerprint density at radius 3 is 2.59 bits per heavy atom. The molecule has 3 rings (SSSR count). The number of para-hydroxylation sites is 1. The summed E-state index contributed by atoms with van der Waals surface area (Å²) in [6.45, 7) is 6.73. The number of nitrogens with zero attached hydrogens (tertiary/aromatic N) is 1. The molecule has 0 fully saturated rings. The van der Waals surface area contributed by atoms with Gasteiger partial charge in [-0.15, -0.1) is 0 Å². The lowest BCUT2D eigenvalue weighted by molar-refractivity contribution is -0.126. The molecule has 2 aromatic rings. The van der Waals surface area contributed by atoms with Gasteiger partial charge >= 0.3 is 0 Å². The van der Waals surface area contributed by atoms with Crippen LogP contribution in [0, 0.1) is 6.92 Å². The molecule has 0 aromatic heterocycles. The lowest BCUT2D eigenvalue weighted by Crippen LogP contribution is -2.36. The molecule has 1 atom stereocenters. The zero-order valence-corrected chi connectivity index (χ0v) is 16.1. The predicted molar refractivity (Wildman–Crippen MR) is 106 cm³/mol. The van der Waals surface area contributed by atoms with Crippen molar-refractivity contribution in [3.63, 3.8) is 0 Å². The van der Waals surface area contributed by atoms with Gasteiger partial charge in [0.25, 0.3) is 5.91 Å². The van der Waals surface area contributed by atoms with E-state index in [4.69, 9.17) is 4.74 Å². The van der Waals surface area contributed by atoms with Crippen LogP contribution in [0.3, 0.4) is 0 Å². The maximum Gasteiger partial charge on any atom is 0.254 e. The first-order valence-corrected chi connectivity index (χ1v) is 9.41. The van der Waals surface area contributed by atoms with Gasteiger partial charge < -0.3 is 15.0 Å². The van der Waals surface area contributed by atoms with Gasteiger partial charge in [-0.3, -0.25) is 9.59 Å². The topological polar surface area (TPSA) is 58.6 Å². The molecule has 142 valence electrons. The lowest BCUT2D eigenvalue weighted by Gasteiger charge is -2.20. The highest BCUT2D eigenvalue weighted by atomic mass is 16.5. The zero-order valence-electron chi connectivity index (χ0n) is 16.1. The third-order valence-electron chi connectivity index (χ3n) is 4.74. The minimum absolute atomic E-state index is 0.0993. The van der Waals surface area contributed by atoms with Gasteiger partial charge in [-0.05, 0) is 36.6 Å². The van der Waals surface area contributed by atoms with Gasteiger partial charge in [0.05, 0.1) is 18.8 Å². The Balaban J connectivity index is 1.80. The Morgan fingerprint density at radius 2 is 1.93 bits per heavy atom. The first kappa shape index (κ1) is 19.0. The summed E-state index contributed by atoms with van der Waals surface area (Å²) in [5.74, 6) is 0.529. The Hall–Kier alpha value is -2.82. The smallest absolute Gasteiger partial charge is 0.254 e. The molecule has 1 N–H and O–H groups in total. The van der Waals surface area contributed by atoms with Crippen LogP contribution in [0.15, 0.2) is 42.5 Å². The summed E-state index contributed by atoms with van der Waals surface area (Å²) < 4.78 is 5.70. The van der Waals surface area contributed by atoms with Gasteiger partial charge in [-0.2, -0.15) is 0 Å². The molecule has 0 saturated carbocycles. The van der Waals surface area contributed by atoms with Crippen LogP contribution in [0.2, 0.25) is 0 Å². The van der Waals surface area contributed by atoms with E-state index in [9.17, 15) is 9.59 Å². The number of ether oxygens (including phenoxy) is 1. The van der Waals surface area contributed by atoms with Crippen LogP contribution >= 0.6 is 0 Å². The Kier molecular flexibility index (Phi) is 5.79. The van der Waals surface area contributed by atoms with E-state index in [1.165, 1.54) is 6.92 Å². The average Bonchev–Trinajstić information content (AvgIpc) is 2.90. The fourth-order valence-corrected chi connectivity index (χ4v) is 3.39. The van der Waals surface area contributed by atoms with Crippen molar-refractivity contribution in [3.8, 4) is 5.75 Å². The van der Waals surface area contributed by atoms with Crippen molar-refractivity contribution in [3.05, 3.63) is 59.2 Å². The summed E-state index contributed by atoms with van der Waals surface area (Å²) >= 11 is 0. The quantitative estimate of drug-likeness (QED) is 0.756. The second-order valence-corrected chi connectivity index (χ2v) is 6.92. The molecule has 0 spiro atoms. The number of fused-ring (bicyclic) bond motifs is 1. The molecule has 1 heterocycles. The summed E-state index contributed by atoms with van der Waals surface area (Å²) in [5, 5.41) is 2.78. The van der Waals surface area contributed by atoms with E-state index in [0.717, 1.165) is 41.0 Å². The number of anilines is 1. The second-order valence-electron chi connectivity index (χ2n) is 6.92. The van der Waals surface area contributed by atoms with Crippen LogP contribution < -0.4 is 15.0 Å². The molecule has 0 bridgehead atoms. The van der Waals surface area contributed by atoms with Gasteiger partial charge in [-0.25, -0.2) is 0 Å². The highest BCUT2D eigenvalue weighted by Gasteiger charge is 2.38. The zero-order chi connectivity index (χ0) is 19.4. The van der Waals surface area contributed by atoms with Crippen LogP contribution in [0.5, 0.6) is 5.75 Å². The molecule has 27 heavy (non-hydrogen) atoms. The number of benzene rings is 2. The molecule has 0 saturated heterocycles. The summed E-state index contributed by atoms with van der Waals surface area (Å²) in [7, 11) is 0. The standard InChI is InChI=1S/C22H26N2O3/c1-4-5-13-27-18-11-9-17(10-12-18)14-24-21-15(2)7-6-8-19(21)20(22(24)26)23-16(3)25/h6-12,20H,4-5,13-14H2,1-3H3,(H,23,25). The predicted octanol–water partition coefficient (Wildman–Crippen LogP) is 3.90. The van der Waals surface area contributed by atoms with E-state index in [-0.39, 0.29) is 11.8 Å². The molecule has 1 aliphatic heterocycles. The molecular weight excluding hydrogens is 340 g/mol. The van der Waals surface area contributed by atoms with Gasteiger partial charge in [0.2, 0.25) is 5.91 Å². The maximum absolute atomic E-state index is 13.0. The number of aryl methyl sites for hydroxylation is 1. The van der Waals surface area contributed by atoms with Crippen LogP contribution in [0.1, 0.15) is 49.4 Å². The number of rotatable bonds is 7. The van der Waals surface area contributed by atoms with E-state index in [2.05, 4.69) is 12.2 Å². The highest BCUT2D eigenvalue weighted by Crippen LogP contribution is 2.39. The number of amides is 2. The first-order chi connectivity index (χ1) is 13.0. The number of unbranched alkanes of at least 4 members (excludes halogenated alkanes) is 1. The van der Waals surface area contributed by atoms with Crippen molar-refractivity contribution in [1.82, 2.24) is 5.32 Å². The van der Waals surface area contributed by atoms with E-state index >= 15 is 0 Å². The third-order valence-corrected chi connectivity index (χ3v) is 4.74. The molecule has 2 aromatic carbocycles. The van der Waals surface area contributed by atoms with E-state index < -0.39 is 6.04 Å². The molecule has 0 aliphatic carbocycles. The number of carbonyl (C=O) groups excluding carboxylic acids is 2. The number of hydrogen-bond acceptors (Lipinski definition) is 3. The normalized spacial score (nSPS) is 15.6. The first-order valence-electron chi connectivity index (χ1n) is 9.41. The van der Waals surface area contributed by atoms with Crippen molar-refractivity contribution in [1.29, 1.82) is 0 Å². The van der Waals surface area contributed by atoms with Crippen molar-refractivity contribution >= 4 is 17.5 Å². The largest absolute Gasteiger partial charge is 0.494 e. The Morgan fingerprint density at radius 1 is 1.19 bits per heavy atom. The van der Waals surface area contributed by atoms with Crippen molar-refractivity contribution in [2.45, 2.75) is 46.2 Å². The van der Waals surface area contributed by atoms with Gasteiger partial charge in [0.1, 0.15) is 11.8 Å². The van der Waals surface area contributed by atoms with Crippen molar-refractivity contribution in [2.24, 2.45) is 0 Å². The third kappa shape index (κ3) is 4.13. The van der Waals surface area contributed by atoms with Gasteiger partial charge in [-0.1, -0.05) is 43.7 Å². The summed E-state index contributed by atoms with van der Waals surface area (Å²) in [6, 6.07) is 13.0. The van der Waals surface area contributed by atoms with E-state index in [1.54, 1.807) is 4.90 Å².